The first-order chi connectivity index (χ1) is 8.88. The first-order valence-corrected chi connectivity index (χ1v) is 6.63. The Morgan fingerprint density at radius 3 is 2.58 bits per heavy atom. The Labute approximate surface area is 116 Å². The lowest BCUT2D eigenvalue weighted by Gasteiger charge is -2.13. The SMILES string of the molecule is OC(Cc1ccsc1)c1ccc(C(F)(F)F)nc1Cl. The van der Waals surface area contributed by atoms with Crippen molar-refractivity contribution in [1.82, 2.24) is 4.98 Å². The molecule has 2 heterocycles. The molecule has 0 aliphatic rings. The molecule has 102 valence electrons. The van der Waals surface area contributed by atoms with E-state index in [4.69, 9.17) is 11.6 Å². The lowest BCUT2D eigenvalue weighted by atomic mass is 10.0. The summed E-state index contributed by atoms with van der Waals surface area (Å²) < 4.78 is 37.3. The third kappa shape index (κ3) is 3.46. The minimum absolute atomic E-state index is 0.195. The van der Waals surface area contributed by atoms with E-state index in [0.717, 1.165) is 17.7 Å². The molecule has 2 aromatic heterocycles. The number of alkyl halides is 3. The molecule has 0 aliphatic heterocycles. The van der Waals surface area contributed by atoms with E-state index in [1.165, 1.54) is 11.3 Å². The van der Waals surface area contributed by atoms with Crippen LogP contribution in [-0.2, 0) is 12.6 Å². The molecule has 1 unspecified atom stereocenters. The minimum atomic E-state index is -4.54. The molecule has 0 saturated heterocycles. The Bertz CT molecular complexity index is 557. The van der Waals surface area contributed by atoms with E-state index in [1.807, 2.05) is 16.8 Å². The molecule has 0 saturated carbocycles. The molecule has 1 N–H and O–H groups in total. The fraction of sp³-hybridized carbons (Fsp3) is 0.250. The van der Waals surface area contributed by atoms with Crippen molar-refractivity contribution < 1.29 is 18.3 Å². The monoisotopic (exact) mass is 307 g/mol. The zero-order valence-corrected chi connectivity index (χ0v) is 11.1. The molecule has 0 fully saturated rings. The Morgan fingerprint density at radius 2 is 2.05 bits per heavy atom. The summed E-state index contributed by atoms with van der Waals surface area (Å²) in [4.78, 5) is 3.28. The maximum atomic E-state index is 12.4. The van der Waals surface area contributed by atoms with Gasteiger partial charge in [0.25, 0.3) is 0 Å². The number of thiophene rings is 1. The van der Waals surface area contributed by atoms with Crippen LogP contribution in [-0.4, -0.2) is 10.1 Å². The highest BCUT2D eigenvalue weighted by molar-refractivity contribution is 7.07. The van der Waals surface area contributed by atoms with E-state index in [0.29, 0.717) is 0 Å². The molecule has 0 amide bonds. The molecule has 1 atom stereocenters. The molecule has 0 aliphatic carbocycles. The smallest absolute Gasteiger partial charge is 0.388 e. The lowest BCUT2D eigenvalue weighted by molar-refractivity contribution is -0.141. The molecule has 2 nitrogen and oxygen atoms in total. The van der Waals surface area contributed by atoms with Crippen LogP contribution in [0.15, 0.2) is 29.0 Å². The number of rotatable bonds is 3. The van der Waals surface area contributed by atoms with Crippen LogP contribution in [0.1, 0.15) is 22.9 Å². The third-order valence-electron chi connectivity index (χ3n) is 2.54. The first kappa shape index (κ1) is 14.3. The maximum absolute atomic E-state index is 12.4. The van der Waals surface area contributed by atoms with Gasteiger partial charge < -0.3 is 5.11 Å². The number of nitrogens with zero attached hydrogens (tertiary/aromatic N) is 1. The second-order valence-corrected chi connectivity index (χ2v) is 5.06. The Balaban J connectivity index is 2.21. The van der Waals surface area contributed by atoms with Crippen LogP contribution < -0.4 is 0 Å². The summed E-state index contributed by atoms with van der Waals surface area (Å²) in [6.45, 7) is 0. The summed E-state index contributed by atoms with van der Waals surface area (Å²) >= 11 is 7.18. The number of aliphatic hydroxyl groups excluding tert-OH is 1. The highest BCUT2D eigenvalue weighted by Crippen LogP contribution is 2.31. The number of hydrogen-bond acceptors (Lipinski definition) is 3. The van der Waals surface area contributed by atoms with Crippen molar-refractivity contribution in [2.75, 3.05) is 0 Å². The van der Waals surface area contributed by atoms with Crippen molar-refractivity contribution in [3.8, 4) is 0 Å². The van der Waals surface area contributed by atoms with E-state index < -0.39 is 18.0 Å². The molecule has 2 aromatic rings. The van der Waals surface area contributed by atoms with Crippen LogP contribution in [0.3, 0.4) is 0 Å². The van der Waals surface area contributed by atoms with Crippen LogP contribution in [0.25, 0.3) is 0 Å². The minimum Gasteiger partial charge on any atom is -0.388 e. The number of halogens is 4. The average Bonchev–Trinajstić information content (AvgIpc) is 2.80. The van der Waals surface area contributed by atoms with Crippen molar-refractivity contribution >= 4 is 22.9 Å². The normalized spacial score (nSPS) is 13.5. The van der Waals surface area contributed by atoms with E-state index in [1.54, 1.807) is 0 Å². The van der Waals surface area contributed by atoms with Crippen LogP contribution in [0.4, 0.5) is 13.2 Å². The van der Waals surface area contributed by atoms with Gasteiger partial charge in [0, 0.05) is 12.0 Å². The summed E-state index contributed by atoms with van der Waals surface area (Å²) in [6.07, 6.45) is -5.23. The number of aromatic nitrogens is 1. The van der Waals surface area contributed by atoms with E-state index in [9.17, 15) is 18.3 Å². The summed E-state index contributed by atoms with van der Waals surface area (Å²) in [5.74, 6) is 0. The average molecular weight is 308 g/mol. The largest absolute Gasteiger partial charge is 0.433 e. The van der Waals surface area contributed by atoms with Crippen molar-refractivity contribution in [3.63, 3.8) is 0 Å². The van der Waals surface area contributed by atoms with Crippen LogP contribution in [0.2, 0.25) is 5.15 Å². The second-order valence-electron chi connectivity index (χ2n) is 3.93. The molecule has 0 bridgehead atoms. The number of pyridine rings is 1. The fourth-order valence-electron chi connectivity index (χ4n) is 1.59. The quantitative estimate of drug-likeness (QED) is 0.866. The van der Waals surface area contributed by atoms with Gasteiger partial charge in [0.1, 0.15) is 10.8 Å². The van der Waals surface area contributed by atoms with Gasteiger partial charge in [0.2, 0.25) is 0 Å². The molecule has 7 heteroatoms. The summed E-state index contributed by atoms with van der Waals surface area (Å²) in [7, 11) is 0. The van der Waals surface area contributed by atoms with E-state index in [-0.39, 0.29) is 17.1 Å². The van der Waals surface area contributed by atoms with Crippen molar-refractivity contribution in [3.05, 3.63) is 50.9 Å². The van der Waals surface area contributed by atoms with Gasteiger partial charge >= 0.3 is 6.18 Å². The first-order valence-electron chi connectivity index (χ1n) is 5.30. The van der Waals surface area contributed by atoms with E-state index >= 15 is 0 Å². The zero-order chi connectivity index (χ0) is 14.0. The Kier molecular flexibility index (Phi) is 4.13. The molecule has 0 spiro atoms. The van der Waals surface area contributed by atoms with Crippen molar-refractivity contribution in [2.24, 2.45) is 0 Å². The van der Waals surface area contributed by atoms with Crippen LogP contribution in [0.5, 0.6) is 0 Å². The molecular formula is C12H9ClF3NOS. The van der Waals surface area contributed by atoms with Gasteiger partial charge in [0.15, 0.2) is 0 Å². The van der Waals surface area contributed by atoms with Crippen LogP contribution >= 0.6 is 22.9 Å². The predicted octanol–water partition coefficient (Wildman–Crippen LogP) is 4.09. The topological polar surface area (TPSA) is 33.1 Å². The van der Waals surface area contributed by atoms with Crippen LogP contribution in [0, 0.1) is 0 Å². The summed E-state index contributed by atoms with van der Waals surface area (Å²) in [6, 6.07) is 3.81. The molecule has 19 heavy (non-hydrogen) atoms. The van der Waals surface area contributed by atoms with Gasteiger partial charge in [-0.1, -0.05) is 17.7 Å². The molecular weight excluding hydrogens is 299 g/mol. The summed E-state index contributed by atoms with van der Waals surface area (Å²) in [5.41, 5.74) is 0.0262. The van der Waals surface area contributed by atoms with Crippen molar-refractivity contribution in [1.29, 1.82) is 0 Å². The standard InChI is InChI=1S/C12H9ClF3NOS/c13-11-8(1-2-10(17-11)12(14,15)16)9(18)5-7-3-4-19-6-7/h1-4,6,9,18H,5H2. The zero-order valence-electron chi connectivity index (χ0n) is 9.49. The number of aliphatic hydroxyl groups is 1. The van der Waals surface area contributed by atoms with Gasteiger partial charge in [-0.2, -0.15) is 24.5 Å². The Hall–Kier alpha value is -1.11. The lowest BCUT2D eigenvalue weighted by Crippen LogP contribution is -2.10. The van der Waals surface area contributed by atoms with Crippen molar-refractivity contribution in [2.45, 2.75) is 18.7 Å². The summed E-state index contributed by atoms with van der Waals surface area (Å²) in [5, 5.41) is 13.4. The van der Waals surface area contributed by atoms with E-state index in [2.05, 4.69) is 4.98 Å². The second kappa shape index (κ2) is 5.48. The van der Waals surface area contributed by atoms with Gasteiger partial charge in [0.05, 0.1) is 6.10 Å². The Morgan fingerprint density at radius 1 is 1.32 bits per heavy atom. The molecule has 0 radical (unpaired) electrons. The highest BCUT2D eigenvalue weighted by Gasteiger charge is 2.33. The van der Waals surface area contributed by atoms with Gasteiger partial charge in [-0.25, -0.2) is 4.98 Å². The highest BCUT2D eigenvalue weighted by atomic mass is 35.5. The van der Waals surface area contributed by atoms with Gasteiger partial charge in [-0.15, -0.1) is 0 Å². The van der Waals surface area contributed by atoms with Gasteiger partial charge in [-0.3, -0.25) is 0 Å². The maximum Gasteiger partial charge on any atom is 0.433 e. The predicted molar refractivity (Wildman–Crippen MR) is 67.2 cm³/mol. The number of hydrogen-bond donors (Lipinski definition) is 1. The van der Waals surface area contributed by atoms with Gasteiger partial charge in [-0.05, 0) is 28.5 Å². The third-order valence-corrected chi connectivity index (χ3v) is 3.57. The fourth-order valence-corrected chi connectivity index (χ4v) is 2.56. The molecule has 0 aromatic carbocycles. The molecule has 2 rings (SSSR count).